The summed E-state index contributed by atoms with van der Waals surface area (Å²) in [5, 5.41) is 0. The van der Waals surface area contributed by atoms with Crippen molar-refractivity contribution in [3.8, 4) is 33.4 Å². The van der Waals surface area contributed by atoms with Crippen LogP contribution in [0.5, 0.6) is 0 Å². The predicted molar refractivity (Wildman–Crippen MR) is 188 cm³/mol. The van der Waals surface area contributed by atoms with Crippen molar-refractivity contribution >= 4 is 35.3 Å². The summed E-state index contributed by atoms with van der Waals surface area (Å²) >= 11 is 0. The van der Waals surface area contributed by atoms with E-state index in [1.165, 1.54) is 0 Å². The zero-order chi connectivity index (χ0) is 29.6. The van der Waals surface area contributed by atoms with Gasteiger partial charge in [0.15, 0.2) is 0 Å². The largest absolute Gasteiger partial charge is 0.309 e. The standard InChI is InChI=1S/C42H33N/c1-4-34-37(31-19-10-7-11-20-31)25-16-28-40(34)43(41-29-17-26-38(35(41)5-2)32-21-12-8-13-22-32)42-30-18-27-39(36(42)6-3)33-23-14-9-15-24-33/h4-30H,1-3H2. The lowest BCUT2D eigenvalue weighted by Gasteiger charge is -2.32. The van der Waals surface area contributed by atoms with Crippen LogP contribution in [0.3, 0.4) is 0 Å². The summed E-state index contributed by atoms with van der Waals surface area (Å²) in [5.41, 5.74) is 13.0. The van der Waals surface area contributed by atoms with E-state index >= 15 is 0 Å². The van der Waals surface area contributed by atoms with Gasteiger partial charge in [0.1, 0.15) is 0 Å². The van der Waals surface area contributed by atoms with E-state index in [0.29, 0.717) is 0 Å². The highest BCUT2D eigenvalue weighted by Crippen LogP contribution is 2.47. The van der Waals surface area contributed by atoms with Gasteiger partial charge in [0.25, 0.3) is 0 Å². The van der Waals surface area contributed by atoms with Crippen LogP contribution in [-0.2, 0) is 0 Å². The molecule has 6 rings (SSSR count). The van der Waals surface area contributed by atoms with E-state index in [1.807, 2.05) is 36.4 Å². The third-order valence-corrected chi connectivity index (χ3v) is 7.84. The molecule has 0 unspecified atom stereocenters. The first-order valence-electron chi connectivity index (χ1n) is 14.5. The number of rotatable bonds is 9. The molecule has 43 heavy (non-hydrogen) atoms. The molecule has 206 valence electrons. The van der Waals surface area contributed by atoms with E-state index in [2.05, 4.69) is 152 Å². The minimum Gasteiger partial charge on any atom is -0.309 e. The Hall–Kier alpha value is -5.66. The lowest BCUT2D eigenvalue weighted by atomic mass is 9.93. The third-order valence-electron chi connectivity index (χ3n) is 7.84. The quantitative estimate of drug-likeness (QED) is 0.173. The lowest BCUT2D eigenvalue weighted by Crippen LogP contribution is -2.15. The fourth-order valence-electron chi connectivity index (χ4n) is 5.89. The number of benzene rings is 6. The van der Waals surface area contributed by atoms with E-state index in [4.69, 9.17) is 0 Å². The van der Waals surface area contributed by atoms with Crippen molar-refractivity contribution in [2.75, 3.05) is 4.90 Å². The molecule has 0 aliphatic carbocycles. The van der Waals surface area contributed by atoms with Gasteiger partial charge in [0.2, 0.25) is 0 Å². The molecule has 0 radical (unpaired) electrons. The first kappa shape index (κ1) is 27.5. The second-order valence-electron chi connectivity index (χ2n) is 10.3. The molecule has 6 aromatic carbocycles. The molecule has 0 atom stereocenters. The van der Waals surface area contributed by atoms with E-state index in [-0.39, 0.29) is 0 Å². The average molecular weight is 552 g/mol. The molecule has 0 N–H and O–H groups in total. The lowest BCUT2D eigenvalue weighted by molar-refractivity contribution is 1.26. The van der Waals surface area contributed by atoms with Crippen LogP contribution in [0.4, 0.5) is 17.1 Å². The fourth-order valence-corrected chi connectivity index (χ4v) is 5.89. The Morgan fingerprint density at radius 1 is 0.326 bits per heavy atom. The van der Waals surface area contributed by atoms with Gasteiger partial charge in [0.05, 0.1) is 17.1 Å². The minimum absolute atomic E-state index is 1.03. The molecule has 0 saturated heterocycles. The zero-order valence-corrected chi connectivity index (χ0v) is 24.2. The van der Waals surface area contributed by atoms with Gasteiger partial charge in [-0.3, -0.25) is 0 Å². The van der Waals surface area contributed by atoms with Gasteiger partial charge in [0, 0.05) is 16.7 Å². The monoisotopic (exact) mass is 551 g/mol. The predicted octanol–water partition coefficient (Wildman–Crippen LogP) is 12.1. The van der Waals surface area contributed by atoms with E-state index in [9.17, 15) is 0 Å². The van der Waals surface area contributed by atoms with E-state index in [0.717, 1.165) is 67.1 Å². The Labute approximate surface area is 255 Å². The maximum absolute atomic E-state index is 4.30. The molecule has 6 aromatic rings. The molecule has 0 bridgehead atoms. The Bertz CT molecular complexity index is 1670. The summed E-state index contributed by atoms with van der Waals surface area (Å²) in [6.07, 6.45) is 5.90. The summed E-state index contributed by atoms with van der Waals surface area (Å²) in [5.74, 6) is 0. The molecular formula is C42H33N. The van der Waals surface area contributed by atoms with Crippen LogP contribution in [0.25, 0.3) is 51.6 Å². The van der Waals surface area contributed by atoms with Crippen LogP contribution >= 0.6 is 0 Å². The van der Waals surface area contributed by atoms with Crippen LogP contribution in [0, 0.1) is 0 Å². The Morgan fingerprint density at radius 3 is 0.860 bits per heavy atom. The number of anilines is 3. The maximum Gasteiger partial charge on any atom is 0.0540 e. The van der Waals surface area contributed by atoms with Crippen molar-refractivity contribution in [2.45, 2.75) is 0 Å². The highest BCUT2D eigenvalue weighted by atomic mass is 15.1. The highest BCUT2D eigenvalue weighted by molar-refractivity contribution is 5.97. The third kappa shape index (κ3) is 5.25. The van der Waals surface area contributed by atoms with Crippen molar-refractivity contribution in [2.24, 2.45) is 0 Å². The summed E-state index contributed by atoms with van der Waals surface area (Å²) in [6, 6.07) is 50.9. The van der Waals surface area contributed by atoms with Crippen LogP contribution in [0.15, 0.2) is 165 Å². The average Bonchev–Trinajstić information content (AvgIpc) is 3.09. The molecule has 0 amide bonds. The van der Waals surface area contributed by atoms with E-state index < -0.39 is 0 Å². The van der Waals surface area contributed by atoms with Crippen molar-refractivity contribution < 1.29 is 0 Å². The van der Waals surface area contributed by atoms with Gasteiger partial charge in [-0.2, -0.15) is 0 Å². The molecule has 0 aliphatic rings. The first-order chi connectivity index (χ1) is 21.2. The molecule has 1 nitrogen and oxygen atoms in total. The van der Waals surface area contributed by atoms with Crippen molar-refractivity contribution in [3.63, 3.8) is 0 Å². The minimum atomic E-state index is 1.03. The molecule has 1 heteroatoms. The summed E-state index contributed by atoms with van der Waals surface area (Å²) in [4.78, 5) is 2.34. The van der Waals surface area contributed by atoms with Crippen molar-refractivity contribution in [1.82, 2.24) is 0 Å². The van der Waals surface area contributed by atoms with Crippen LogP contribution < -0.4 is 4.90 Å². The van der Waals surface area contributed by atoms with Gasteiger partial charge in [-0.25, -0.2) is 0 Å². The van der Waals surface area contributed by atoms with Crippen molar-refractivity contribution in [3.05, 3.63) is 182 Å². The van der Waals surface area contributed by atoms with Crippen LogP contribution in [-0.4, -0.2) is 0 Å². The Balaban J connectivity index is 1.69. The molecule has 0 aromatic heterocycles. The van der Waals surface area contributed by atoms with Gasteiger partial charge in [-0.1, -0.05) is 165 Å². The van der Waals surface area contributed by atoms with Gasteiger partial charge < -0.3 is 4.90 Å². The maximum atomic E-state index is 4.30. The highest BCUT2D eigenvalue weighted by Gasteiger charge is 2.23. The first-order valence-corrected chi connectivity index (χ1v) is 14.5. The number of hydrogen-bond donors (Lipinski definition) is 0. The number of nitrogens with zero attached hydrogens (tertiary/aromatic N) is 1. The second-order valence-corrected chi connectivity index (χ2v) is 10.3. The van der Waals surface area contributed by atoms with Crippen LogP contribution in [0.1, 0.15) is 16.7 Å². The molecule has 0 saturated carbocycles. The van der Waals surface area contributed by atoms with E-state index in [1.54, 1.807) is 0 Å². The molecule has 0 heterocycles. The van der Waals surface area contributed by atoms with Crippen LogP contribution in [0.2, 0.25) is 0 Å². The zero-order valence-electron chi connectivity index (χ0n) is 24.2. The topological polar surface area (TPSA) is 3.24 Å². The molecule has 0 spiro atoms. The van der Waals surface area contributed by atoms with Gasteiger partial charge >= 0.3 is 0 Å². The molecule has 0 aliphatic heterocycles. The van der Waals surface area contributed by atoms with Crippen molar-refractivity contribution in [1.29, 1.82) is 0 Å². The van der Waals surface area contributed by atoms with Gasteiger partial charge in [-0.15, -0.1) is 0 Å². The normalized spacial score (nSPS) is 10.6. The summed E-state index contributed by atoms with van der Waals surface area (Å²) < 4.78 is 0. The Kier molecular flexibility index (Phi) is 7.97. The fraction of sp³-hybridized carbons (Fsp3) is 0. The SMILES string of the molecule is C=Cc1c(-c2ccccc2)cccc1N(c1cccc(-c2ccccc2)c1C=C)c1cccc(-c2ccccc2)c1C=C. The number of hydrogen-bond acceptors (Lipinski definition) is 1. The smallest absolute Gasteiger partial charge is 0.0540 e. The molecule has 0 fully saturated rings. The van der Waals surface area contributed by atoms with Gasteiger partial charge in [-0.05, 0) is 51.6 Å². The molecular weight excluding hydrogens is 518 g/mol. The Morgan fingerprint density at radius 2 is 0.605 bits per heavy atom. The second kappa shape index (κ2) is 12.5. The summed E-state index contributed by atoms with van der Waals surface area (Å²) in [7, 11) is 0. The summed E-state index contributed by atoms with van der Waals surface area (Å²) in [6.45, 7) is 12.9.